The highest BCUT2D eigenvalue weighted by Crippen LogP contribution is 2.08. The summed E-state index contributed by atoms with van der Waals surface area (Å²) in [6.07, 6.45) is -1.60. The van der Waals surface area contributed by atoms with E-state index in [2.05, 4.69) is 10.1 Å². The van der Waals surface area contributed by atoms with Gasteiger partial charge in [0, 0.05) is 0 Å². The van der Waals surface area contributed by atoms with Gasteiger partial charge >= 0.3 is 6.09 Å². The summed E-state index contributed by atoms with van der Waals surface area (Å²) in [6, 6.07) is 0. The number of hydrogen-bond donors (Lipinski definition) is 2. The number of carbonyl (C=O) groups is 1. The molecule has 0 aromatic rings. The number of aliphatic hydroxyl groups is 1. The van der Waals surface area contributed by atoms with E-state index < -0.39 is 18.0 Å². The average molecular weight is 191 g/mol. The number of alkyl carbamates (subject to hydrolysis) is 1. The number of ether oxygens (including phenoxy) is 2. The molecule has 1 unspecified atom stereocenters. The van der Waals surface area contributed by atoms with E-state index in [1.54, 1.807) is 0 Å². The van der Waals surface area contributed by atoms with Gasteiger partial charge in [0.25, 0.3) is 0 Å². The monoisotopic (exact) mass is 191 g/mol. The van der Waals surface area contributed by atoms with E-state index in [4.69, 9.17) is 4.74 Å². The first-order valence-electron chi connectivity index (χ1n) is 4.03. The van der Waals surface area contributed by atoms with Gasteiger partial charge in [0.05, 0.1) is 19.3 Å². The second-order valence-corrected chi connectivity index (χ2v) is 3.56. The Labute approximate surface area is 78.0 Å². The molecule has 0 aliphatic rings. The highest BCUT2D eigenvalue weighted by Gasteiger charge is 2.16. The molecule has 2 N–H and O–H groups in total. The van der Waals surface area contributed by atoms with Crippen LogP contribution in [-0.4, -0.2) is 36.7 Å². The minimum atomic E-state index is -1.01. The highest BCUT2D eigenvalue weighted by molar-refractivity contribution is 5.66. The number of amides is 1. The van der Waals surface area contributed by atoms with Gasteiger partial charge in [-0.3, -0.25) is 0 Å². The molecule has 5 nitrogen and oxygen atoms in total. The Kier molecular flexibility index (Phi) is 4.72. The van der Waals surface area contributed by atoms with Gasteiger partial charge in [0.15, 0.2) is 6.29 Å². The van der Waals surface area contributed by atoms with Crippen molar-refractivity contribution in [2.75, 3.05) is 13.7 Å². The summed E-state index contributed by atoms with van der Waals surface area (Å²) < 4.78 is 9.43. The van der Waals surface area contributed by atoms with Crippen LogP contribution in [0.5, 0.6) is 0 Å². The van der Waals surface area contributed by atoms with Crippen LogP contribution in [0.4, 0.5) is 4.79 Å². The molecular formula is C8H17NO4. The van der Waals surface area contributed by atoms with E-state index in [0.717, 1.165) is 0 Å². The van der Waals surface area contributed by atoms with Crippen molar-refractivity contribution in [2.24, 2.45) is 0 Å². The van der Waals surface area contributed by atoms with Crippen LogP contribution in [-0.2, 0) is 9.47 Å². The number of methoxy groups -OCH3 is 1. The van der Waals surface area contributed by atoms with Crippen molar-refractivity contribution in [1.29, 1.82) is 0 Å². The van der Waals surface area contributed by atoms with E-state index in [1.165, 1.54) is 7.11 Å². The number of carbonyl (C=O) groups excluding carboxylic acids is 1. The van der Waals surface area contributed by atoms with Crippen molar-refractivity contribution in [3.8, 4) is 0 Å². The van der Waals surface area contributed by atoms with Crippen LogP contribution >= 0.6 is 0 Å². The Balaban J connectivity index is 3.63. The summed E-state index contributed by atoms with van der Waals surface area (Å²) in [5.74, 6) is 0. The molecule has 78 valence electrons. The third-order valence-corrected chi connectivity index (χ3v) is 1.10. The minimum Gasteiger partial charge on any atom is -0.453 e. The topological polar surface area (TPSA) is 67.8 Å². The Bertz CT molecular complexity index is 164. The third-order valence-electron chi connectivity index (χ3n) is 1.10. The van der Waals surface area contributed by atoms with E-state index in [9.17, 15) is 9.90 Å². The smallest absolute Gasteiger partial charge is 0.407 e. The zero-order valence-corrected chi connectivity index (χ0v) is 8.46. The molecule has 0 aliphatic carbocycles. The predicted octanol–water partition coefficient (Wildman–Crippen LogP) is 0.476. The number of rotatable bonds is 3. The SMILES string of the molecule is COC(=O)NCC(O)OC(C)(C)C. The fraction of sp³-hybridized carbons (Fsp3) is 0.875. The molecule has 1 amide bonds. The van der Waals surface area contributed by atoms with Crippen molar-refractivity contribution in [3.63, 3.8) is 0 Å². The quantitative estimate of drug-likeness (QED) is 0.636. The fourth-order valence-corrected chi connectivity index (χ4v) is 0.693. The van der Waals surface area contributed by atoms with Crippen LogP contribution in [0.2, 0.25) is 0 Å². The van der Waals surface area contributed by atoms with Gasteiger partial charge in [-0.1, -0.05) is 0 Å². The molecule has 5 heteroatoms. The molecule has 0 aromatic heterocycles. The molecule has 0 saturated heterocycles. The van der Waals surface area contributed by atoms with E-state index in [-0.39, 0.29) is 6.54 Å². The molecule has 0 radical (unpaired) electrons. The van der Waals surface area contributed by atoms with Crippen LogP contribution < -0.4 is 5.32 Å². The van der Waals surface area contributed by atoms with Crippen LogP contribution in [0.3, 0.4) is 0 Å². The minimum absolute atomic E-state index is 0.0178. The van der Waals surface area contributed by atoms with Gasteiger partial charge in [0.1, 0.15) is 0 Å². The molecule has 0 aromatic carbocycles. The Hall–Kier alpha value is -0.810. The molecule has 0 heterocycles. The van der Waals surface area contributed by atoms with Crippen LogP contribution in [0.1, 0.15) is 20.8 Å². The predicted molar refractivity (Wildman–Crippen MR) is 47.3 cm³/mol. The molecule has 13 heavy (non-hydrogen) atoms. The van der Waals surface area contributed by atoms with Crippen molar-refractivity contribution < 1.29 is 19.4 Å². The summed E-state index contributed by atoms with van der Waals surface area (Å²) in [4.78, 5) is 10.6. The van der Waals surface area contributed by atoms with E-state index in [1.807, 2.05) is 20.8 Å². The first-order valence-corrected chi connectivity index (χ1v) is 4.03. The third kappa shape index (κ3) is 7.55. The Morgan fingerprint density at radius 3 is 2.46 bits per heavy atom. The molecule has 0 fully saturated rings. The number of aliphatic hydroxyl groups excluding tert-OH is 1. The lowest BCUT2D eigenvalue weighted by Crippen LogP contribution is -2.37. The Morgan fingerprint density at radius 1 is 1.54 bits per heavy atom. The molecule has 0 rings (SSSR count). The number of nitrogens with one attached hydrogen (secondary N) is 1. The van der Waals surface area contributed by atoms with Crippen molar-refractivity contribution >= 4 is 6.09 Å². The lowest BCUT2D eigenvalue weighted by Gasteiger charge is -2.23. The lowest BCUT2D eigenvalue weighted by atomic mass is 10.2. The maximum absolute atomic E-state index is 10.6. The summed E-state index contributed by atoms with van der Waals surface area (Å²) in [6.45, 7) is 5.46. The summed E-state index contributed by atoms with van der Waals surface area (Å²) in [7, 11) is 1.26. The molecule has 0 spiro atoms. The maximum Gasteiger partial charge on any atom is 0.407 e. The van der Waals surface area contributed by atoms with Crippen molar-refractivity contribution in [1.82, 2.24) is 5.32 Å². The largest absolute Gasteiger partial charge is 0.453 e. The highest BCUT2D eigenvalue weighted by atomic mass is 16.6. The van der Waals surface area contributed by atoms with Gasteiger partial charge in [-0.05, 0) is 20.8 Å². The molecular weight excluding hydrogens is 174 g/mol. The van der Waals surface area contributed by atoms with E-state index in [0.29, 0.717) is 0 Å². The first-order chi connectivity index (χ1) is 5.85. The molecule has 0 aliphatic heterocycles. The maximum atomic E-state index is 10.6. The van der Waals surface area contributed by atoms with Gasteiger partial charge in [-0.2, -0.15) is 0 Å². The average Bonchev–Trinajstić information content (AvgIpc) is 1.97. The first kappa shape index (κ1) is 12.2. The summed E-state index contributed by atoms with van der Waals surface area (Å²) >= 11 is 0. The van der Waals surface area contributed by atoms with Crippen molar-refractivity contribution in [3.05, 3.63) is 0 Å². The van der Waals surface area contributed by atoms with E-state index >= 15 is 0 Å². The van der Waals surface area contributed by atoms with Gasteiger partial charge in [-0.15, -0.1) is 0 Å². The molecule has 1 atom stereocenters. The van der Waals surface area contributed by atoms with Crippen molar-refractivity contribution in [2.45, 2.75) is 32.7 Å². The number of hydrogen-bond acceptors (Lipinski definition) is 4. The van der Waals surface area contributed by atoms with Crippen LogP contribution in [0.25, 0.3) is 0 Å². The zero-order chi connectivity index (χ0) is 10.5. The van der Waals surface area contributed by atoms with Gasteiger partial charge in [0.2, 0.25) is 0 Å². The standard InChI is InChI=1S/C8H17NO4/c1-8(2,3)13-6(10)5-9-7(11)12-4/h6,10H,5H2,1-4H3,(H,9,11). The van der Waals surface area contributed by atoms with Gasteiger partial charge < -0.3 is 19.9 Å². The van der Waals surface area contributed by atoms with Crippen LogP contribution in [0.15, 0.2) is 0 Å². The summed E-state index contributed by atoms with van der Waals surface area (Å²) in [5.41, 5.74) is -0.433. The molecule has 0 saturated carbocycles. The normalized spacial score (nSPS) is 13.6. The summed E-state index contributed by atoms with van der Waals surface area (Å²) in [5, 5.41) is 11.6. The molecule has 0 bridgehead atoms. The second kappa shape index (κ2) is 5.04. The Morgan fingerprint density at radius 2 is 2.08 bits per heavy atom. The zero-order valence-electron chi connectivity index (χ0n) is 8.46. The lowest BCUT2D eigenvalue weighted by molar-refractivity contribution is -0.161. The van der Waals surface area contributed by atoms with Crippen LogP contribution in [0, 0.1) is 0 Å². The second-order valence-electron chi connectivity index (χ2n) is 3.56. The van der Waals surface area contributed by atoms with Gasteiger partial charge in [-0.25, -0.2) is 4.79 Å². The fourth-order valence-electron chi connectivity index (χ4n) is 0.693.